The quantitative estimate of drug-likeness (QED) is 0.783. The average molecular weight is 339 g/mol. The average Bonchev–Trinajstić information content (AvgIpc) is 2.85. The molecule has 1 aliphatic heterocycles. The van der Waals surface area contributed by atoms with Crippen molar-refractivity contribution in [1.29, 1.82) is 0 Å². The van der Waals surface area contributed by atoms with Crippen molar-refractivity contribution in [3.63, 3.8) is 0 Å². The molecule has 6 nitrogen and oxygen atoms in total. The highest BCUT2D eigenvalue weighted by molar-refractivity contribution is 6.21. The van der Waals surface area contributed by atoms with Crippen LogP contribution >= 0.6 is 0 Å². The summed E-state index contributed by atoms with van der Waals surface area (Å²) in [4.78, 5) is 41.6. The molecule has 1 heterocycles. The molecule has 0 aliphatic carbocycles. The maximum absolute atomic E-state index is 12.2. The van der Waals surface area contributed by atoms with Crippen molar-refractivity contribution in [1.82, 2.24) is 5.06 Å². The van der Waals surface area contributed by atoms with Gasteiger partial charge in [-0.3, -0.25) is 9.59 Å². The first-order chi connectivity index (χ1) is 12.0. The fourth-order valence-corrected chi connectivity index (χ4v) is 2.39. The Morgan fingerprint density at radius 2 is 1.52 bits per heavy atom. The van der Waals surface area contributed by atoms with E-state index in [-0.39, 0.29) is 22.8 Å². The van der Waals surface area contributed by atoms with Crippen molar-refractivity contribution in [3.8, 4) is 0 Å². The smallest absolute Gasteiger partial charge is 0.363 e. The molecule has 0 saturated heterocycles. The van der Waals surface area contributed by atoms with E-state index in [1.54, 1.807) is 36.4 Å². The molecule has 0 N–H and O–H groups in total. The zero-order valence-corrected chi connectivity index (χ0v) is 13.9. The van der Waals surface area contributed by atoms with Gasteiger partial charge in [-0.15, -0.1) is 0 Å². The van der Waals surface area contributed by atoms with E-state index in [2.05, 4.69) is 0 Å². The number of amides is 2. The number of fused-ring (bicyclic) bond motifs is 1. The molecule has 2 aromatic carbocycles. The lowest BCUT2D eigenvalue weighted by molar-refractivity contribution is -0.0584. The highest BCUT2D eigenvalue weighted by atomic mass is 16.7. The summed E-state index contributed by atoms with van der Waals surface area (Å²) in [7, 11) is 0. The van der Waals surface area contributed by atoms with Crippen molar-refractivity contribution in [3.05, 3.63) is 70.8 Å². The highest BCUT2D eigenvalue weighted by Gasteiger charge is 2.38. The molecule has 0 unspecified atom stereocenters. The third-order valence-electron chi connectivity index (χ3n) is 3.70. The van der Waals surface area contributed by atoms with Crippen LogP contribution in [0.4, 0.5) is 0 Å². The van der Waals surface area contributed by atoms with Crippen molar-refractivity contribution in [2.24, 2.45) is 0 Å². The van der Waals surface area contributed by atoms with Gasteiger partial charge in [0.05, 0.1) is 29.4 Å². The lowest BCUT2D eigenvalue weighted by Crippen LogP contribution is -2.32. The molecule has 6 heteroatoms. The first-order valence-electron chi connectivity index (χ1n) is 7.88. The largest absolute Gasteiger partial charge is 0.374 e. The first kappa shape index (κ1) is 16.9. The lowest BCUT2D eigenvalue weighted by atomic mass is 10.1. The molecule has 0 fully saturated rings. The highest BCUT2D eigenvalue weighted by Crippen LogP contribution is 2.23. The molecule has 3 rings (SSSR count). The second kappa shape index (κ2) is 6.86. The van der Waals surface area contributed by atoms with Crippen molar-refractivity contribution >= 4 is 17.8 Å². The summed E-state index contributed by atoms with van der Waals surface area (Å²) in [5, 5.41) is 0.503. The standard InChI is InChI=1S/C19H17NO5/c1-12(2)24-11-13-7-9-14(10-8-13)19(23)25-20-17(21)15-5-3-4-6-16(15)18(20)22/h3-10,12H,11H2,1-2H3. The molecule has 0 bridgehead atoms. The predicted molar refractivity (Wildman–Crippen MR) is 88.7 cm³/mol. The minimum atomic E-state index is -0.772. The molecular weight excluding hydrogens is 322 g/mol. The zero-order valence-electron chi connectivity index (χ0n) is 13.9. The number of ether oxygens (including phenoxy) is 1. The molecule has 0 radical (unpaired) electrons. The molecule has 128 valence electrons. The summed E-state index contributed by atoms with van der Waals surface area (Å²) in [5.74, 6) is -2.06. The Labute approximate surface area is 144 Å². The van der Waals surface area contributed by atoms with Crippen molar-refractivity contribution in [2.45, 2.75) is 26.6 Å². The summed E-state index contributed by atoms with van der Waals surface area (Å²) in [5.41, 5.74) is 1.60. The molecule has 2 aromatic rings. The van der Waals surface area contributed by atoms with E-state index in [0.717, 1.165) is 5.56 Å². The van der Waals surface area contributed by atoms with Gasteiger partial charge in [0.2, 0.25) is 0 Å². The van der Waals surface area contributed by atoms with Crippen LogP contribution in [0.5, 0.6) is 0 Å². The fourth-order valence-electron chi connectivity index (χ4n) is 2.39. The Bertz CT molecular complexity index is 791. The summed E-state index contributed by atoms with van der Waals surface area (Å²) in [6.07, 6.45) is 0.110. The van der Waals surface area contributed by atoms with Crippen LogP contribution in [-0.4, -0.2) is 29.0 Å². The van der Waals surface area contributed by atoms with Crippen LogP contribution in [0.15, 0.2) is 48.5 Å². The van der Waals surface area contributed by atoms with Crippen LogP contribution in [0.25, 0.3) is 0 Å². The van der Waals surface area contributed by atoms with E-state index in [1.165, 1.54) is 12.1 Å². The summed E-state index contributed by atoms with van der Waals surface area (Å²) < 4.78 is 5.49. The normalized spacial score (nSPS) is 13.3. The molecule has 0 atom stereocenters. The second-order valence-electron chi connectivity index (χ2n) is 5.89. The predicted octanol–water partition coefficient (Wildman–Crippen LogP) is 2.98. The Morgan fingerprint density at radius 1 is 0.960 bits per heavy atom. The van der Waals surface area contributed by atoms with Gasteiger partial charge in [0.1, 0.15) is 0 Å². The summed E-state index contributed by atoms with van der Waals surface area (Å²) in [6.45, 7) is 4.31. The maximum Gasteiger partial charge on any atom is 0.363 e. The van der Waals surface area contributed by atoms with E-state index in [1.807, 2.05) is 13.8 Å². The van der Waals surface area contributed by atoms with Gasteiger partial charge in [0.25, 0.3) is 11.8 Å². The third-order valence-corrected chi connectivity index (χ3v) is 3.70. The van der Waals surface area contributed by atoms with Crippen LogP contribution < -0.4 is 0 Å². The molecule has 25 heavy (non-hydrogen) atoms. The van der Waals surface area contributed by atoms with Crippen LogP contribution in [-0.2, 0) is 16.2 Å². The monoisotopic (exact) mass is 339 g/mol. The van der Waals surface area contributed by atoms with Gasteiger partial charge < -0.3 is 9.57 Å². The zero-order chi connectivity index (χ0) is 18.0. The van der Waals surface area contributed by atoms with E-state index < -0.39 is 17.8 Å². The summed E-state index contributed by atoms with van der Waals surface area (Å²) in [6, 6.07) is 12.9. The molecule has 0 aromatic heterocycles. The number of nitrogens with zero attached hydrogens (tertiary/aromatic N) is 1. The molecule has 0 spiro atoms. The molecule has 2 amide bonds. The number of carbonyl (C=O) groups excluding carboxylic acids is 3. The number of carbonyl (C=O) groups is 3. The maximum atomic E-state index is 12.2. The molecular formula is C19H17NO5. The Morgan fingerprint density at radius 3 is 2.04 bits per heavy atom. The topological polar surface area (TPSA) is 72.9 Å². The SMILES string of the molecule is CC(C)OCc1ccc(C(=O)ON2C(=O)c3ccccc3C2=O)cc1. The number of rotatable bonds is 5. The van der Waals surface area contributed by atoms with Gasteiger partial charge in [0.15, 0.2) is 0 Å². The van der Waals surface area contributed by atoms with Gasteiger partial charge in [0, 0.05) is 0 Å². The number of imide groups is 1. The Kier molecular flexibility index (Phi) is 4.63. The van der Waals surface area contributed by atoms with E-state index in [4.69, 9.17) is 9.57 Å². The molecule has 0 saturated carbocycles. The van der Waals surface area contributed by atoms with E-state index in [9.17, 15) is 14.4 Å². The van der Waals surface area contributed by atoms with Gasteiger partial charge in [-0.25, -0.2) is 4.79 Å². The van der Waals surface area contributed by atoms with Crippen LogP contribution in [0, 0.1) is 0 Å². The first-order valence-corrected chi connectivity index (χ1v) is 7.88. The lowest BCUT2D eigenvalue weighted by Gasteiger charge is -2.13. The second-order valence-corrected chi connectivity index (χ2v) is 5.89. The van der Waals surface area contributed by atoms with Gasteiger partial charge in [-0.05, 0) is 43.7 Å². The van der Waals surface area contributed by atoms with Gasteiger partial charge in [-0.2, -0.15) is 0 Å². The number of benzene rings is 2. The van der Waals surface area contributed by atoms with E-state index >= 15 is 0 Å². The van der Waals surface area contributed by atoms with Gasteiger partial charge >= 0.3 is 5.97 Å². The van der Waals surface area contributed by atoms with Crippen LogP contribution in [0.2, 0.25) is 0 Å². The van der Waals surface area contributed by atoms with Crippen LogP contribution in [0.3, 0.4) is 0 Å². The van der Waals surface area contributed by atoms with Crippen molar-refractivity contribution < 1.29 is 24.0 Å². The minimum absolute atomic E-state index is 0.110. The minimum Gasteiger partial charge on any atom is -0.374 e. The van der Waals surface area contributed by atoms with E-state index in [0.29, 0.717) is 11.7 Å². The Hall–Kier alpha value is -2.99. The van der Waals surface area contributed by atoms with Crippen molar-refractivity contribution in [2.75, 3.05) is 0 Å². The number of hydroxylamine groups is 2. The number of hydrogen-bond acceptors (Lipinski definition) is 5. The molecule has 1 aliphatic rings. The number of hydrogen-bond donors (Lipinski definition) is 0. The Balaban J connectivity index is 1.69. The van der Waals surface area contributed by atoms with Gasteiger partial charge in [-0.1, -0.05) is 29.3 Å². The third kappa shape index (κ3) is 3.44. The summed E-state index contributed by atoms with van der Waals surface area (Å²) >= 11 is 0. The fraction of sp³-hybridized carbons (Fsp3) is 0.211. The van der Waals surface area contributed by atoms with Crippen LogP contribution in [0.1, 0.15) is 50.5 Å².